The number of nitrogens with zero attached hydrogens (tertiary/aromatic N) is 4. The molecule has 1 unspecified atom stereocenters. The number of carbonyl (C=O) groups excluding carboxylic acids is 2. The van der Waals surface area contributed by atoms with Crippen molar-refractivity contribution in [3.63, 3.8) is 0 Å². The second-order valence-corrected chi connectivity index (χ2v) is 9.47. The van der Waals surface area contributed by atoms with Gasteiger partial charge in [0.2, 0.25) is 11.8 Å². The number of fused-ring (bicyclic) bond motifs is 2. The molecular weight excluding hydrogens is 446 g/mol. The number of aromatic nitrogens is 1. The van der Waals surface area contributed by atoms with Crippen LogP contribution >= 0.6 is 22.9 Å². The van der Waals surface area contributed by atoms with E-state index >= 15 is 0 Å². The van der Waals surface area contributed by atoms with Crippen molar-refractivity contribution < 1.29 is 9.59 Å². The molecule has 1 aromatic carbocycles. The Balaban J connectivity index is 1.31. The number of thiophene rings is 1. The van der Waals surface area contributed by atoms with Crippen molar-refractivity contribution in [2.75, 3.05) is 56.1 Å². The fraction of sp³-hybridized carbons (Fsp3) is 0.348. The van der Waals surface area contributed by atoms with Crippen molar-refractivity contribution in [1.82, 2.24) is 15.2 Å². The van der Waals surface area contributed by atoms with Crippen LogP contribution in [0.4, 0.5) is 11.5 Å². The molecule has 0 aliphatic carbocycles. The maximum atomic E-state index is 13.5. The number of nitrogens with one attached hydrogen (secondary N) is 1. The smallest absolute Gasteiger partial charge is 0.239 e. The minimum absolute atomic E-state index is 0.0901. The standard InChI is InChI=1S/C23H24ClN5O2S/c1-25-21(30)14-29-13-18(16-3-2-15(24)12-19(16)29)23(31)28-9-7-27(8-10-28)22-17-5-11-32-20(17)4-6-26-22/h2-6,11-12,18H,7-10,13-14H2,1H3,(H,25,30). The van der Waals surface area contributed by atoms with Crippen LogP contribution in [0.1, 0.15) is 11.5 Å². The number of benzene rings is 1. The molecule has 9 heteroatoms. The van der Waals surface area contributed by atoms with Gasteiger partial charge >= 0.3 is 0 Å². The predicted molar refractivity (Wildman–Crippen MR) is 129 cm³/mol. The first kappa shape index (κ1) is 21.0. The molecule has 2 amide bonds. The molecule has 0 bridgehead atoms. The van der Waals surface area contributed by atoms with Crippen molar-refractivity contribution >= 4 is 56.3 Å². The summed E-state index contributed by atoms with van der Waals surface area (Å²) in [6.07, 6.45) is 1.85. The molecule has 1 saturated heterocycles. The van der Waals surface area contributed by atoms with Gasteiger partial charge in [-0.15, -0.1) is 11.3 Å². The Labute approximate surface area is 195 Å². The summed E-state index contributed by atoms with van der Waals surface area (Å²) < 4.78 is 1.23. The SMILES string of the molecule is CNC(=O)CN1CC(C(=O)N2CCN(c3nccc4sccc34)CC2)c2ccc(Cl)cc21. The van der Waals surface area contributed by atoms with Gasteiger partial charge in [-0.05, 0) is 35.2 Å². The average Bonchev–Trinajstić information content (AvgIpc) is 3.43. The summed E-state index contributed by atoms with van der Waals surface area (Å²) in [5, 5.41) is 6.51. The Kier molecular flexibility index (Phi) is 5.65. The number of hydrogen-bond acceptors (Lipinski definition) is 6. The summed E-state index contributed by atoms with van der Waals surface area (Å²) in [6, 6.07) is 9.73. The number of rotatable bonds is 4. The monoisotopic (exact) mass is 469 g/mol. The summed E-state index contributed by atoms with van der Waals surface area (Å²) >= 11 is 7.92. The van der Waals surface area contributed by atoms with Crippen LogP contribution in [0.5, 0.6) is 0 Å². The second kappa shape index (κ2) is 8.60. The highest BCUT2D eigenvalue weighted by Crippen LogP contribution is 2.39. The van der Waals surface area contributed by atoms with E-state index in [4.69, 9.17) is 11.6 Å². The van der Waals surface area contributed by atoms with Gasteiger partial charge in [0.25, 0.3) is 0 Å². The van der Waals surface area contributed by atoms with E-state index < -0.39 is 0 Å². The molecule has 4 heterocycles. The first-order valence-corrected chi connectivity index (χ1v) is 11.9. The van der Waals surface area contributed by atoms with Crippen LogP contribution in [0.25, 0.3) is 10.1 Å². The molecule has 2 aliphatic rings. The number of piperazine rings is 1. The van der Waals surface area contributed by atoms with E-state index in [0.717, 1.165) is 30.2 Å². The molecule has 2 aliphatic heterocycles. The normalized spacial score (nSPS) is 18.2. The van der Waals surface area contributed by atoms with Crippen LogP contribution in [0.3, 0.4) is 0 Å². The Morgan fingerprint density at radius 2 is 2.00 bits per heavy atom. The molecule has 7 nitrogen and oxygen atoms in total. The zero-order valence-corrected chi connectivity index (χ0v) is 19.3. The molecule has 1 atom stereocenters. The second-order valence-electron chi connectivity index (χ2n) is 8.09. The number of carbonyl (C=O) groups is 2. The van der Waals surface area contributed by atoms with Crippen LogP contribution in [-0.4, -0.2) is 68.0 Å². The highest BCUT2D eigenvalue weighted by molar-refractivity contribution is 7.17. The lowest BCUT2D eigenvalue weighted by Gasteiger charge is -2.37. The minimum atomic E-state index is -0.295. The highest BCUT2D eigenvalue weighted by atomic mass is 35.5. The van der Waals surface area contributed by atoms with E-state index in [1.54, 1.807) is 18.4 Å². The molecule has 1 fully saturated rings. The van der Waals surface area contributed by atoms with Gasteiger partial charge in [0.05, 0.1) is 12.5 Å². The number of hydrogen-bond donors (Lipinski definition) is 1. The average molecular weight is 470 g/mol. The van der Waals surface area contributed by atoms with E-state index in [1.807, 2.05) is 40.3 Å². The van der Waals surface area contributed by atoms with E-state index in [0.29, 0.717) is 24.7 Å². The number of amides is 2. The van der Waals surface area contributed by atoms with Crippen LogP contribution in [-0.2, 0) is 9.59 Å². The Bertz CT molecular complexity index is 1170. The van der Waals surface area contributed by atoms with Gasteiger partial charge in [-0.2, -0.15) is 0 Å². The third kappa shape index (κ3) is 3.78. The molecule has 166 valence electrons. The van der Waals surface area contributed by atoms with Crippen molar-refractivity contribution in [3.05, 3.63) is 52.5 Å². The maximum Gasteiger partial charge on any atom is 0.239 e. The predicted octanol–water partition coefficient (Wildman–Crippen LogP) is 2.95. The number of likely N-dealkylation sites (N-methyl/N-ethyl adjacent to an activating group) is 1. The van der Waals surface area contributed by atoms with Gasteiger partial charge in [0.15, 0.2) is 0 Å². The summed E-state index contributed by atoms with van der Waals surface area (Å²) in [7, 11) is 1.62. The zero-order valence-electron chi connectivity index (χ0n) is 17.8. The molecule has 3 aromatic rings. The maximum absolute atomic E-state index is 13.5. The summed E-state index contributed by atoms with van der Waals surface area (Å²) in [4.78, 5) is 36.2. The molecule has 0 saturated carbocycles. The van der Waals surface area contributed by atoms with Crippen LogP contribution in [0.15, 0.2) is 41.9 Å². The van der Waals surface area contributed by atoms with Crippen molar-refractivity contribution in [2.24, 2.45) is 0 Å². The lowest BCUT2D eigenvalue weighted by atomic mass is 9.99. The zero-order chi connectivity index (χ0) is 22.2. The quantitative estimate of drug-likeness (QED) is 0.636. The molecule has 1 N–H and O–H groups in total. The lowest BCUT2D eigenvalue weighted by Crippen LogP contribution is -2.50. The molecule has 5 rings (SSSR count). The fourth-order valence-corrected chi connectivity index (χ4v) is 5.55. The Morgan fingerprint density at radius 3 is 2.78 bits per heavy atom. The lowest BCUT2D eigenvalue weighted by molar-refractivity contribution is -0.132. The van der Waals surface area contributed by atoms with Gasteiger partial charge in [0, 0.05) is 66.8 Å². The molecular formula is C23H24ClN5O2S. The summed E-state index contributed by atoms with van der Waals surface area (Å²) in [6.45, 7) is 3.48. The Hall–Kier alpha value is -2.84. The van der Waals surface area contributed by atoms with Gasteiger partial charge in [-0.3, -0.25) is 9.59 Å². The number of pyridine rings is 1. The fourth-order valence-electron chi connectivity index (χ4n) is 4.61. The Morgan fingerprint density at radius 1 is 1.19 bits per heavy atom. The van der Waals surface area contributed by atoms with Crippen LogP contribution < -0.4 is 15.1 Å². The van der Waals surface area contributed by atoms with E-state index in [2.05, 4.69) is 26.6 Å². The van der Waals surface area contributed by atoms with Crippen molar-refractivity contribution in [1.29, 1.82) is 0 Å². The minimum Gasteiger partial charge on any atom is -0.361 e. The summed E-state index contributed by atoms with van der Waals surface area (Å²) in [5.74, 6) is 0.715. The van der Waals surface area contributed by atoms with Gasteiger partial charge in [-0.25, -0.2) is 4.98 Å². The largest absolute Gasteiger partial charge is 0.361 e. The first-order valence-electron chi connectivity index (χ1n) is 10.7. The third-order valence-corrected chi connectivity index (χ3v) is 7.39. The van der Waals surface area contributed by atoms with Crippen molar-refractivity contribution in [2.45, 2.75) is 5.92 Å². The van der Waals surface area contributed by atoms with Crippen molar-refractivity contribution in [3.8, 4) is 0 Å². The summed E-state index contributed by atoms with van der Waals surface area (Å²) in [5.41, 5.74) is 1.81. The van der Waals surface area contributed by atoms with Crippen LogP contribution in [0.2, 0.25) is 5.02 Å². The van der Waals surface area contributed by atoms with Crippen LogP contribution in [0, 0.1) is 0 Å². The van der Waals surface area contributed by atoms with E-state index in [1.165, 1.54) is 10.1 Å². The number of halogens is 1. The topological polar surface area (TPSA) is 68.8 Å². The van der Waals surface area contributed by atoms with Gasteiger partial charge in [0.1, 0.15) is 5.82 Å². The van der Waals surface area contributed by atoms with E-state index in [9.17, 15) is 9.59 Å². The molecule has 2 aromatic heterocycles. The first-order chi connectivity index (χ1) is 15.5. The number of anilines is 2. The van der Waals surface area contributed by atoms with Gasteiger partial charge < -0.3 is 20.0 Å². The molecule has 0 radical (unpaired) electrons. The molecule has 32 heavy (non-hydrogen) atoms. The highest BCUT2D eigenvalue weighted by Gasteiger charge is 2.37. The van der Waals surface area contributed by atoms with E-state index in [-0.39, 0.29) is 24.3 Å². The third-order valence-electron chi connectivity index (χ3n) is 6.27. The molecule has 0 spiro atoms. The van der Waals surface area contributed by atoms with Gasteiger partial charge in [-0.1, -0.05) is 17.7 Å².